The first-order chi connectivity index (χ1) is 12.6. The quantitative estimate of drug-likeness (QED) is 0.855. The Morgan fingerprint density at radius 1 is 1.27 bits per heavy atom. The van der Waals surface area contributed by atoms with Gasteiger partial charge in [0.2, 0.25) is 0 Å². The summed E-state index contributed by atoms with van der Waals surface area (Å²) in [5.41, 5.74) is 7.86. The normalized spacial score (nSPS) is 24.0. The molecule has 0 spiro atoms. The van der Waals surface area contributed by atoms with Gasteiger partial charge < -0.3 is 5.32 Å². The van der Waals surface area contributed by atoms with Gasteiger partial charge in [-0.15, -0.1) is 0 Å². The Morgan fingerprint density at radius 3 is 2.77 bits per heavy atom. The highest BCUT2D eigenvalue weighted by molar-refractivity contribution is 5.99. The van der Waals surface area contributed by atoms with Crippen LogP contribution in [0.1, 0.15) is 37.7 Å². The topological polar surface area (TPSA) is 74.0 Å². The van der Waals surface area contributed by atoms with Gasteiger partial charge in [-0.05, 0) is 31.4 Å². The maximum absolute atomic E-state index is 14.6. The van der Waals surface area contributed by atoms with E-state index < -0.39 is 6.29 Å². The molecule has 7 heteroatoms. The van der Waals surface area contributed by atoms with Crippen molar-refractivity contribution in [2.24, 2.45) is 10.7 Å². The summed E-state index contributed by atoms with van der Waals surface area (Å²) in [6, 6.07) is 4.78. The summed E-state index contributed by atoms with van der Waals surface area (Å²) in [4.78, 5) is 21.0. The number of para-hydroxylation sites is 1. The van der Waals surface area contributed by atoms with Crippen LogP contribution in [0.3, 0.4) is 0 Å². The highest BCUT2D eigenvalue weighted by Gasteiger charge is 2.40. The van der Waals surface area contributed by atoms with E-state index in [-0.39, 0.29) is 24.4 Å². The zero-order valence-corrected chi connectivity index (χ0v) is 14.9. The highest BCUT2D eigenvalue weighted by atomic mass is 19.1. The molecule has 1 fully saturated rings. The van der Waals surface area contributed by atoms with Crippen molar-refractivity contribution in [3.8, 4) is 0 Å². The van der Waals surface area contributed by atoms with Gasteiger partial charge in [-0.25, -0.2) is 9.18 Å². The number of halogens is 1. The zero-order chi connectivity index (χ0) is 18.3. The molecule has 1 aliphatic carbocycles. The summed E-state index contributed by atoms with van der Waals surface area (Å²) in [6.45, 7) is 2.10. The molecule has 3 aliphatic rings. The third kappa shape index (κ3) is 2.86. The Bertz CT molecular complexity index is 764. The number of carbonyl (C=O) groups is 1. The highest BCUT2D eigenvalue weighted by Crippen LogP contribution is 2.34. The first-order valence-electron chi connectivity index (χ1n) is 9.20. The second-order valence-corrected chi connectivity index (χ2v) is 7.18. The maximum Gasteiger partial charge on any atom is 0.330 e. The number of nitrogens with two attached hydrogens (primary N) is 1. The van der Waals surface area contributed by atoms with Crippen LogP contribution in [0.15, 0.2) is 34.6 Å². The van der Waals surface area contributed by atoms with Crippen LogP contribution in [0, 0.1) is 12.7 Å². The Kier molecular flexibility index (Phi) is 4.40. The van der Waals surface area contributed by atoms with Crippen molar-refractivity contribution in [1.82, 2.24) is 10.2 Å². The van der Waals surface area contributed by atoms with E-state index in [1.807, 2.05) is 13.0 Å². The van der Waals surface area contributed by atoms with E-state index in [4.69, 9.17) is 5.73 Å². The monoisotopic (exact) mass is 357 g/mol. The van der Waals surface area contributed by atoms with Gasteiger partial charge in [-0.3, -0.25) is 20.5 Å². The van der Waals surface area contributed by atoms with Crippen molar-refractivity contribution in [3.63, 3.8) is 0 Å². The van der Waals surface area contributed by atoms with Gasteiger partial charge >= 0.3 is 6.03 Å². The Morgan fingerprint density at radius 2 is 2.04 bits per heavy atom. The molecule has 0 aromatic heterocycles. The minimum absolute atomic E-state index is 0.0994. The molecule has 2 aliphatic heterocycles. The van der Waals surface area contributed by atoms with Gasteiger partial charge in [0.05, 0.1) is 12.2 Å². The fourth-order valence-corrected chi connectivity index (χ4v) is 4.12. The van der Waals surface area contributed by atoms with Crippen LogP contribution in [0.4, 0.5) is 14.9 Å². The smallest absolute Gasteiger partial charge is 0.330 e. The SMILES string of the molecule is Cc1cccc(F)c1N1CC2=C(NC(N)N=C2)N(C2CCCCC2)C1=O. The summed E-state index contributed by atoms with van der Waals surface area (Å²) in [7, 11) is 0. The summed E-state index contributed by atoms with van der Waals surface area (Å²) in [5.74, 6) is 0.345. The number of nitrogens with zero attached hydrogens (tertiary/aromatic N) is 3. The summed E-state index contributed by atoms with van der Waals surface area (Å²) >= 11 is 0. The first-order valence-corrected chi connectivity index (χ1v) is 9.20. The molecule has 1 aromatic rings. The number of amides is 2. The summed E-state index contributed by atoms with van der Waals surface area (Å²) in [6.07, 6.45) is 6.42. The van der Waals surface area contributed by atoms with Crippen molar-refractivity contribution in [2.75, 3.05) is 11.4 Å². The fourth-order valence-electron chi connectivity index (χ4n) is 4.12. The molecule has 1 unspecified atom stereocenters. The number of anilines is 1. The fraction of sp³-hybridized carbons (Fsp3) is 0.474. The molecule has 26 heavy (non-hydrogen) atoms. The molecule has 4 rings (SSSR count). The molecule has 1 atom stereocenters. The number of rotatable bonds is 2. The lowest BCUT2D eigenvalue weighted by Crippen LogP contribution is -2.59. The largest absolute Gasteiger partial charge is 0.337 e. The number of benzene rings is 1. The second-order valence-electron chi connectivity index (χ2n) is 7.18. The van der Waals surface area contributed by atoms with Gasteiger partial charge in [0.1, 0.15) is 11.6 Å². The predicted octanol–water partition coefficient (Wildman–Crippen LogP) is 2.84. The van der Waals surface area contributed by atoms with Crippen LogP contribution in [-0.2, 0) is 0 Å². The van der Waals surface area contributed by atoms with E-state index in [2.05, 4.69) is 10.3 Å². The Labute approximate surface area is 152 Å². The average molecular weight is 357 g/mol. The number of aryl methyl sites for hydroxylation is 1. The molecule has 2 amide bonds. The molecule has 6 nitrogen and oxygen atoms in total. The predicted molar refractivity (Wildman–Crippen MR) is 99.2 cm³/mol. The second kappa shape index (κ2) is 6.72. The molecule has 1 aromatic carbocycles. The lowest BCUT2D eigenvalue weighted by molar-refractivity contribution is 0.171. The van der Waals surface area contributed by atoms with E-state index in [0.717, 1.165) is 42.6 Å². The number of aliphatic imine (C=N–C) groups is 1. The van der Waals surface area contributed by atoms with E-state index in [9.17, 15) is 9.18 Å². The molecular weight excluding hydrogens is 333 g/mol. The van der Waals surface area contributed by atoms with Crippen molar-refractivity contribution in [2.45, 2.75) is 51.4 Å². The van der Waals surface area contributed by atoms with Gasteiger partial charge in [0.25, 0.3) is 0 Å². The number of carbonyl (C=O) groups excluding carboxylic acids is 1. The molecular formula is C19H24FN5O. The standard InChI is InChI=1S/C19H24FN5O/c1-12-6-5-9-15(20)16(12)24-11-13-10-22-18(21)23-17(13)25(19(24)26)14-7-3-2-4-8-14/h5-6,9-10,14,18,23H,2-4,7-8,11,21H2,1H3. The van der Waals surface area contributed by atoms with Crippen molar-refractivity contribution >= 4 is 17.9 Å². The number of urea groups is 1. The average Bonchev–Trinajstić information content (AvgIpc) is 2.63. The van der Waals surface area contributed by atoms with Crippen molar-refractivity contribution in [1.29, 1.82) is 0 Å². The Balaban J connectivity index is 1.78. The molecule has 0 radical (unpaired) electrons. The van der Waals surface area contributed by atoms with E-state index in [1.165, 1.54) is 17.4 Å². The molecule has 2 heterocycles. The summed E-state index contributed by atoms with van der Waals surface area (Å²) < 4.78 is 14.6. The molecule has 138 valence electrons. The number of hydrogen-bond acceptors (Lipinski definition) is 4. The third-order valence-electron chi connectivity index (χ3n) is 5.38. The lowest BCUT2D eigenvalue weighted by atomic mass is 9.93. The number of nitrogens with one attached hydrogen (secondary N) is 1. The maximum atomic E-state index is 14.6. The van der Waals surface area contributed by atoms with E-state index in [1.54, 1.807) is 17.2 Å². The van der Waals surface area contributed by atoms with Crippen LogP contribution in [0.2, 0.25) is 0 Å². The van der Waals surface area contributed by atoms with E-state index in [0.29, 0.717) is 5.69 Å². The van der Waals surface area contributed by atoms with Crippen LogP contribution in [-0.4, -0.2) is 36.0 Å². The lowest BCUT2D eigenvalue weighted by Gasteiger charge is -2.45. The summed E-state index contributed by atoms with van der Waals surface area (Å²) in [5, 5.41) is 3.14. The number of hydrogen-bond donors (Lipinski definition) is 2. The van der Waals surface area contributed by atoms with E-state index >= 15 is 0 Å². The van der Waals surface area contributed by atoms with Crippen molar-refractivity contribution in [3.05, 3.63) is 41.0 Å². The van der Waals surface area contributed by atoms with Crippen molar-refractivity contribution < 1.29 is 9.18 Å². The molecule has 0 bridgehead atoms. The zero-order valence-electron chi connectivity index (χ0n) is 14.9. The third-order valence-corrected chi connectivity index (χ3v) is 5.38. The molecule has 3 N–H and O–H groups in total. The van der Waals surface area contributed by atoms with Gasteiger partial charge in [0.15, 0.2) is 6.29 Å². The first kappa shape index (κ1) is 17.0. The Hall–Kier alpha value is -2.41. The van der Waals surface area contributed by atoms with Gasteiger partial charge in [0, 0.05) is 17.8 Å². The van der Waals surface area contributed by atoms with Crippen LogP contribution >= 0.6 is 0 Å². The minimum Gasteiger partial charge on any atom is -0.337 e. The van der Waals surface area contributed by atoms with Gasteiger partial charge in [-0.2, -0.15) is 0 Å². The van der Waals surface area contributed by atoms with Crippen LogP contribution in [0.5, 0.6) is 0 Å². The van der Waals surface area contributed by atoms with Crippen LogP contribution < -0.4 is 16.0 Å². The molecule has 1 saturated carbocycles. The minimum atomic E-state index is -0.561. The van der Waals surface area contributed by atoms with Gasteiger partial charge in [-0.1, -0.05) is 31.4 Å². The van der Waals surface area contributed by atoms with Crippen LogP contribution in [0.25, 0.3) is 0 Å². The molecule has 0 saturated heterocycles.